The molecule has 0 aromatic heterocycles. The van der Waals surface area contributed by atoms with Crippen LogP contribution in [-0.4, -0.2) is 13.7 Å². The number of hydrogen-bond acceptors (Lipinski definition) is 3. The predicted molar refractivity (Wildman–Crippen MR) is 70.3 cm³/mol. The summed E-state index contributed by atoms with van der Waals surface area (Å²) in [5, 5.41) is 0. The molecule has 1 unspecified atom stereocenters. The summed E-state index contributed by atoms with van der Waals surface area (Å²) < 4.78 is 6.28. The summed E-state index contributed by atoms with van der Waals surface area (Å²) in [4.78, 5) is 0. The topological polar surface area (TPSA) is 47.3 Å². The molecule has 1 aromatic carbocycles. The van der Waals surface area contributed by atoms with E-state index in [4.69, 9.17) is 10.6 Å². The Labute approximate surface area is 104 Å². The van der Waals surface area contributed by atoms with Gasteiger partial charge in [-0.25, -0.2) is 0 Å². The van der Waals surface area contributed by atoms with E-state index in [0.29, 0.717) is 0 Å². The van der Waals surface area contributed by atoms with Gasteiger partial charge in [-0.1, -0.05) is 18.2 Å². The number of hydrogen-bond donors (Lipinski definition) is 2. The highest BCUT2D eigenvalue weighted by Gasteiger charge is 2.11. The zero-order chi connectivity index (χ0) is 11.1. The fourth-order valence-corrected chi connectivity index (χ4v) is 2.28. The molecule has 4 heteroatoms. The van der Waals surface area contributed by atoms with Crippen LogP contribution in [0, 0.1) is 3.57 Å². The van der Waals surface area contributed by atoms with E-state index in [1.165, 1.54) is 9.13 Å². The van der Waals surface area contributed by atoms with Crippen LogP contribution in [0.1, 0.15) is 24.4 Å². The quantitative estimate of drug-likeness (QED) is 0.366. The molecule has 15 heavy (non-hydrogen) atoms. The zero-order valence-corrected chi connectivity index (χ0v) is 11.0. The molecule has 1 aromatic rings. The Morgan fingerprint density at radius 3 is 2.80 bits per heavy atom. The number of nitrogens with one attached hydrogen (secondary N) is 1. The lowest BCUT2D eigenvalue weighted by molar-refractivity contribution is 0.188. The van der Waals surface area contributed by atoms with E-state index in [1.807, 2.05) is 12.1 Å². The molecule has 1 atom stereocenters. The monoisotopic (exact) mass is 320 g/mol. The SMILES string of the molecule is COCCCC(NN)c1ccccc1I. The van der Waals surface area contributed by atoms with Crippen LogP contribution in [-0.2, 0) is 4.74 Å². The number of rotatable bonds is 6. The predicted octanol–water partition coefficient (Wildman–Crippen LogP) is 2.22. The van der Waals surface area contributed by atoms with E-state index in [2.05, 4.69) is 40.1 Å². The molecular weight excluding hydrogens is 303 g/mol. The van der Waals surface area contributed by atoms with Crippen LogP contribution in [0.3, 0.4) is 0 Å². The van der Waals surface area contributed by atoms with E-state index < -0.39 is 0 Å². The number of nitrogens with two attached hydrogens (primary N) is 1. The van der Waals surface area contributed by atoms with E-state index in [0.717, 1.165) is 19.4 Å². The molecule has 0 bridgehead atoms. The van der Waals surface area contributed by atoms with Crippen molar-refractivity contribution in [3.05, 3.63) is 33.4 Å². The number of benzene rings is 1. The Hall–Kier alpha value is -0.170. The number of halogens is 1. The summed E-state index contributed by atoms with van der Waals surface area (Å²) in [6.07, 6.45) is 2.00. The second kappa shape index (κ2) is 7.16. The van der Waals surface area contributed by atoms with Gasteiger partial charge in [0.25, 0.3) is 0 Å². The standard InChI is InChI=1S/C11H17IN2O/c1-15-8-4-7-11(14-13)9-5-2-3-6-10(9)12/h2-3,5-6,11,14H,4,7-8,13H2,1H3. The van der Waals surface area contributed by atoms with Gasteiger partial charge in [-0.15, -0.1) is 0 Å². The number of methoxy groups -OCH3 is 1. The maximum absolute atomic E-state index is 5.56. The van der Waals surface area contributed by atoms with Gasteiger partial charge >= 0.3 is 0 Å². The van der Waals surface area contributed by atoms with Crippen LogP contribution in [0.4, 0.5) is 0 Å². The first kappa shape index (κ1) is 12.9. The lowest BCUT2D eigenvalue weighted by Crippen LogP contribution is -2.28. The largest absolute Gasteiger partial charge is 0.385 e. The van der Waals surface area contributed by atoms with Crippen molar-refractivity contribution in [1.82, 2.24) is 5.43 Å². The summed E-state index contributed by atoms with van der Waals surface area (Å²) in [6.45, 7) is 0.779. The Kier molecular flexibility index (Phi) is 6.16. The minimum atomic E-state index is 0.216. The lowest BCUT2D eigenvalue weighted by Gasteiger charge is -2.17. The average Bonchev–Trinajstić information content (AvgIpc) is 2.26. The van der Waals surface area contributed by atoms with Gasteiger partial charge in [-0.05, 0) is 47.1 Å². The van der Waals surface area contributed by atoms with Crippen LogP contribution >= 0.6 is 22.6 Å². The van der Waals surface area contributed by atoms with Crippen molar-refractivity contribution >= 4 is 22.6 Å². The van der Waals surface area contributed by atoms with Crippen LogP contribution in [0.15, 0.2) is 24.3 Å². The van der Waals surface area contributed by atoms with Gasteiger partial charge in [-0.3, -0.25) is 11.3 Å². The van der Waals surface area contributed by atoms with Crippen molar-refractivity contribution in [3.63, 3.8) is 0 Å². The summed E-state index contributed by atoms with van der Waals surface area (Å²) >= 11 is 2.33. The third-order valence-corrected chi connectivity index (χ3v) is 3.31. The van der Waals surface area contributed by atoms with Gasteiger partial charge in [0.1, 0.15) is 0 Å². The molecule has 0 heterocycles. The van der Waals surface area contributed by atoms with Crippen LogP contribution in [0.25, 0.3) is 0 Å². The van der Waals surface area contributed by atoms with Crippen molar-refractivity contribution in [2.75, 3.05) is 13.7 Å². The molecule has 0 aliphatic carbocycles. The molecule has 0 saturated carbocycles. The summed E-state index contributed by atoms with van der Waals surface area (Å²) in [5.41, 5.74) is 4.12. The van der Waals surface area contributed by atoms with Crippen LogP contribution < -0.4 is 11.3 Å². The number of hydrazine groups is 1. The molecule has 1 rings (SSSR count). The minimum absolute atomic E-state index is 0.216. The highest BCUT2D eigenvalue weighted by atomic mass is 127. The molecule has 3 nitrogen and oxygen atoms in total. The van der Waals surface area contributed by atoms with Gasteiger partial charge in [0.2, 0.25) is 0 Å². The molecule has 0 radical (unpaired) electrons. The Morgan fingerprint density at radius 1 is 1.47 bits per heavy atom. The fraction of sp³-hybridized carbons (Fsp3) is 0.455. The molecule has 3 N–H and O–H groups in total. The first-order valence-corrected chi connectivity index (χ1v) is 6.07. The molecule has 84 valence electrons. The second-order valence-corrected chi connectivity index (χ2v) is 4.54. The van der Waals surface area contributed by atoms with Gasteiger partial charge in [0.15, 0.2) is 0 Å². The lowest BCUT2D eigenvalue weighted by atomic mass is 10.0. The van der Waals surface area contributed by atoms with Crippen molar-refractivity contribution in [2.45, 2.75) is 18.9 Å². The molecule has 0 aliphatic rings. The second-order valence-electron chi connectivity index (χ2n) is 3.38. The molecule has 0 fully saturated rings. The van der Waals surface area contributed by atoms with E-state index in [1.54, 1.807) is 7.11 Å². The van der Waals surface area contributed by atoms with Crippen molar-refractivity contribution in [3.8, 4) is 0 Å². The van der Waals surface area contributed by atoms with Gasteiger partial charge in [0.05, 0.1) is 0 Å². The van der Waals surface area contributed by atoms with Gasteiger partial charge < -0.3 is 4.74 Å². The Morgan fingerprint density at radius 2 is 2.20 bits per heavy atom. The van der Waals surface area contributed by atoms with Crippen molar-refractivity contribution < 1.29 is 4.74 Å². The normalized spacial score (nSPS) is 12.7. The van der Waals surface area contributed by atoms with Crippen molar-refractivity contribution in [1.29, 1.82) is 0 Å². The zero-order valence-electron chi connectivity index (χ0n) is 8.87. The molecule has 0 spiro atoms. The van der Waals surface area contributed by atoms with E-state index in [9.17, 15) is 0 Å². The third kappa shape index (κ3) is 4.06. The Balaban J connectivity index is 2.61. The summed E-state index contributed by atoms with van der Waals surface area (Å²) in [6, 6.07) is 8.50. The highest BCUT2D eigenvalue weighted by molar-refractivity contribution is 14.1. The molecule has 0 amide bonds. The van der Waals surface area contributed by atoms with Gasteiger partial charge in [-0.2, -0.15) is 0 Å². The van der Waals surface area contributed by atoms with Crippen molar-refractivity contribution in [2.24, 2.45) is 5.84 Å². The third-order valence-electron chi connectivity index (χ3n) is 2.32. The first-order chi connectivity index (χ1) is 7.29. The molecule has 0 aliphatic heterocycles. The maximum atomic E-state index is 5.56. The van der Waals surface area contributed by atoms with E-state index >= 15 is 0 Å². The smallest absolute Gasteiger partial charge is 0.0471 e. The van der Waals surface area contributed by atoms with E-state index in [-0.39, 0.29) is 6.04 Å². The number of ether oxygens (including phenoxy) is 1. The minimum Gasteiger partial charge on any atom is -0.385 e. The summed E-state index contributed by atoms with van der Waals surface area (Å²) in [7, 11) is 1.72. The molecule has 0 saturated heterocycles. The van der Waals surface area contributed by atoms with Crippen LogP contribution in [0.5, 0.6) is 0 Å². The van der Waals surface area contributed by atoms with Crippen LogP contribution in [0.2, 0.25) is 0 Å². The molecular formula is C11H17IN2O. The maximum Gasteiger partial charge on any atom is 0.0471 e. The first-order valence-electron chi connectivity index (χ1n) is 4.99. The fourth-order valence-electron chi connectivity index (χ4n) is 1.52. The van der Waals surface area contributed by atoms with Gasteiger partial charge in [0, 0.05) is 23.3 Å². The summed E-state index contributed by atoms with van der Waals surface area (Å²) in [5.74, 6) is 5.56. The average molecular weight is 320 g/mol. The highest BCUT2D eigenvalue weighted by Crippen LogP contribution is 2.22. The Bertz CT molecular complexity index is 294.